The number of benzene rings is 3. The molecule has 1 aromatic heterocycles. The van der Waals surface area contributed by atoms with Gasteiger partial charge in [0.15, 0.2) is 11.6 Å². The zero-order chi connectivity index (χ0) is 29.2. The maximum Gasteiger partial charge on any atom is 0.573 e. The molecule has 4 aromatic rings. The fourth-order valence-corrected chi connectivity index (χ4v) is 4.73. The lowest BCUT2D eigenvalue weighted by Gasteiger charge is -2.11. The lowest BCUT2D eigenvalue weighted by Crippen LogP contribution is -2.18. The highest BCUT2D eigenvalue weighted by Crippen LogP contribution is 2.28. The van der Waals surface area contributed by atoms with E-state index in [1.807, 2.05) is 30.3 Å². The summed E-state index contributed by atoms with van der Waals surface area (Å²) in [6.07, 6.45) is 4.78. The Bertz CT molecular complexity index is 1420. The summed E-state index contributed by atoms with van der Waals surface area (Å²) in [7, 11) is 0. The number of ether oxygens (including phenoxy) is 2. The number of unbranched alkanes of at least 4 members (excludes halogenated alkanes) is 4. The average Bonchev–Trinajstić information content (AvgIpc) is 2.95. The molecule has 0 atom stereocenters. The molecule has 0 spiro atoms. The van der Waals surface area contributed by atoms with E-state index in [4.69, 9.17) is 4.74 Å². The van der Waals surface area contributed by atoms with Crippen LogP contribution < -0.4 is 9.47 Å². The fraction of sp³-hybridized carbons (Fsp3) is 0.364. The number of hydrogen-bond donors (Lipinski definition) is 0. The van der Waals surface area contributed by atoms with Crippen LogP contribution >= 0.6 is 0 Å². The molecule has 0 bridgehead atoms. The van der Waals surface area contributed by atoms with E-state index < -0.39 is 17.9 Å². The van der Waals surface area contributed by atoms with Crippen molar-refractivity contribution in [2.24, 2.45) is 0 Å². The van der Waals surface area contributed by atoms with E-state index in [1.54, 1.807) is 18.3 Å². The lowest BCUT2D eigenvalue weighted by atomic mass is 9.98. The van der Waals surface area contributed by atoms with Gasteiger partial charge in [-0.1, -0.05) is 69.0 Å². The predicted octanol–water partition coefficient (Wildman–Crippen LogP) is 9.33. The Morgan fingerprint density at radius 1 is 0.756 bits per heavy atom. The Hall–Kier alpha value is -3.68. The second kappa shape index (κ2) is 14.3. The number of pyridine rings is 1. The number of rotatable bonds is 14. The largest absolute Gasteiger partial charge is 0.573 e. The van der Waals surface area contributed by atoms with E-state index in [9.17, 15) is 17.6 Å². The molecule has 0 fully saturated rings. The fourth-order valence-electron chi connectivity index (χ4n) is 4.73. The Balaban J connectivity index is 1.30. The first kappa shape index (κ1) is 30.3. The SMILES string of the molecule is CCCCCCCOc1ccc(CCc2ccc3c(F)c(CCc4ccc(OC(F)(F)F)c(F)c4)ccc3c2)nc1. The van der Waals surface area contributed by atoms with Crippen LogP contribution in [-0.2, 0) is 25.7 Å². The average molecular weight is 572 g/mol. The standard InChI is InChI=1S/C33H34F5NO2/c1-2-3-4-5-6-19-40-28-16-15-27(39-22-28)14-8-23-9-17-29-26(20-23)13-12-25(32(29)35)11-7-24-10-18-31(30(34)21-24)41-33(36,37)38/h9-10,12-13,15-18,20-22H,2-8,11,14,19H2,1H3. The molecule has 218 valence electrons. The number of aryl methyl sites for hydroxylation is 4. The predicted molar refractivity (Wildman–Crippen MR) is 150 cm³/mol. The van der Waals surface area contributed by atoms with Crippen LogP contribution in [0.4, 0.5) is 22.0 Å². The third kappa shape index (κ3) is 9.17. The summed E-state index contributed by atoms with van der Waals surface area (Å²) in [6, 6.07) is 16.4. The van der Waals surface area contributed by atoms with Crippen LogP contribution in [0.1, 0.15) is 61.4 Å². The van der Waals surface area contributed by atoms with Gasteiger partial charge < -0.3 is 9.47 Å². The lowest BCUT2D eigenvalue weighted by molar-refractivity contribution is -0.275. The van der Waals surface area contributed by atoms with E-state index in [-0.39, 0.29) is 18.7 Å². The minimum absolute atomic E-state index is 0.263. The van der Waals surface area contributed by atoms with Gasteiger partial charge in [0.25, 0.3) is 0 Å². The third-order valence-corrected chi connectivity index (χ3v) is 6.99. The summed E-state index contributed by atoms with van der Waals surface area (Å²) >= 11 is 0. The molecule has 0 unspecified atom stereocenters. The molecule has 0 aliphatic carbocycles. The molecular formula is C33H34F5NO2. The quantitative estimate of drug-likeness (QED) is 0.112. The molecule has 0 saturated carbocycles. The van der Waals surface area contributed by atoms with Crippen molar-refractivity contribution >= 4 is 10.8 Å². The van der Waals surface area contributed by atoms with Crippen molar-refractivity contribution in [2.45, 2.75) is 71.1 Å². The van der Waals surface area contributed by atoms with Gasteiger partial charge in [-0.2, -0.15) is 0 Å². The van der Waals surface area contributed by atoms with Gasteiger partial charge in [0, 0.05) is 11.1 Å². The maximum atomic E-state index is 15.2. The van der Waals surface area contributed by atoms with Gasteiger partial charge in [0.05, 0.1) is 12.8 Å². The Kier molecular flexibility index (Phi) is 10.6. The summed E-state index contributed by atoms with van der Waals surface area (Å²) in [5.74, 6) is -1.58. The zero-order valence-corrected chi connectivity index (χ0v) is 23.1. The molecule has 0 aliphatic rings. The molecule has 0 radical (unpaired) electrons. The first-order valence-corrected chi connectivity index (χ1v) is 14.0. The van der Waals surface area contributed by atoms with Gasteiger partial charge >= 0.3 is 6.36 Å². The molecule has 1 heterocycles. The molecule has 8 heteroatoms. The second-order valence-corrected chi connectivity index (χ2v) is 10.2. The van der Waals surface area contributed by atoms with Gasteiger partial charge in [-0.15, -0.1) is 13.2 Å². The summed E-state index contributed by atoms with van der Waals surface area (Å²) in [5, 5.41) is 1.26. The molecule has 41 heavy (non-hydrogen) atoms. The maximum absolute atomic E-state index is 15.2. The number of aromatic nitrogens is 1. The molecule has 3 aromatic carbocycles. The second-order valence-electron chi connectivity index (χ2n) is 10.2. The van der Waals surface area contributed by atoms with Crippen LogP contribution in [0, 0.1) is 11.6 Å². The van der Waals surface area contributed by atoms with Crippen LogP contribution in [-0.4, -0.2) is 18.0 Å². The monoisotopic (exact) mass is 571 g/mol. The van der Waals surface area contributed by atoms with E-state index in [1.165, 1.54) is 31.7 Å². The van der Waals surface area contributed by atoms with Gasteiger partial charge in [0.1, 0.15) is 11.6 Å². The van der Waals surface area contributed by atoms with Crippen molar-refractivity contribution in [3.8, 4) is 11.5 Å². The van der Waals surface area contributed by atoms with Crippen molar-refractivity contribution < 1.29 is 31.4 Å². The summed E-state index contributed by atoms with van der Waals surface area (Å²) in [6.45, 7) is 2.90. The van der Waals surface area contributed by atoms with Gasteiger partial charge in [0.2, 0.25) is 0 Å². The van der Waals surface area contributed by atoms with Crippen molar-refractivity contribution in [3.63, 3.8) is 0 Å². The highest BCUT2D eigenvalue weighted by molar-refractivity contribution is 5.84. The molecule has 0 aliphatic heterocycles. The first-order valence-electron chi connectivity index (χ1n) is 14.0. The van der Waals surface area contributed by atoms with Gasteiger partial charge in [-0.05, 0) is 78.4 Å². The Labute approximate surface area is 237 Å². The van der Waals surface area contributed by atoms with Gasteiger partial charge in [-0.3, -0.25) is 4.98 Å². The van der Waals surface area contributed by atoms with Gasteiger partial charge in [-0.25, -0.2) is 8.78 Å². The highest BCUT2D eigenvalue weighted by atomic mass is 19.4. The van der Waals surface area contributed by atoms with Crippen LogP contribution in [0.15, 0.2) is 66.9 Å². The van der Waals surface area contributed by atoms with E-state index in [0.29, 0.717) is 23.1 Å². The molecule has 3 nitrogen and oxygen atoms in total. The van der Waals surface area contributed by atoms with Crippen LogP contribution in [0.25, 0.3) is 10.8 Å². The van der Waals surface area contributed by atoms with E-state index in [0.717, 1.165) is 53.8 Å². The number of alkyl halides is 3. The number of hydrogen-bond acceptors (Lipinski definition) is 3. The Morgan fingerprint density at radius 2 is 1.51 bits per heavy atom. The Morgan fingerprint density at radius 3 is 2.24 bits per heavy atom. The first-order chi connectivity index (χ1) is 19.7. The molecule has 4 rings (SSSR count). The zero-order valence-electron chi connectivity index (χ0n) is 23.1. The van der Waals surface area contributed by atoms with Crippen LogP contribution in [0.5, 0.6) is 11.5 Å². The summed E-state index contributed by atoms with van der Waals surface area (Å²) < 4.78 is 75.7. The molecule has 0 amide bonds. The molecular weight excluding hydrogens is 537 g/mol. The minimum atomic E-state index is -4.97. The highest BCUT2D eigenvalue weighted by Gasteiger charge is 2.32. The van der Waals surface area contributed by atoms with E-state index in [2.05, 4.69) is 16.6 Å². The summed E-state index contributed by atoms with van der Waals surface area (Å²) in [4.78, 5) is 4.52. The third-order valence-electron chi connectivity index (χ3n) is 6.99. The smallest absolute Gasteiger partial charge is 0.492 e. The van der Waals surface area contributed by atoms with Crippen LogP contribution in [0.3, 0.4) is 0 Å². The van der Waals surface area contributed by atoms with E-state index >= 15 is 4.39 Å². The number of halogens is 5. The van der Waals surface area contributed by atoms with Crippen molar-refractivity contribution in [1.29, 1.82) is 0 Å². The van der Waals surface area contributed by atoms with Crippen molar-refractivity contribution in [3.05, 3.63) is 101 Å². The minimum Gasteiger partial charge on any atom is -0.492 e. The topological polar surface area (TPSA) is 31.4 Å². The molecule has 0 N–H and O–H groups in total. The van der Waals surface area contributed by atoms with Crippen molar-refractivity contribution in [1.82, 2.24) is 4.98 Å². The van der Waals surface area contributed by atoms with Crippen LogP contribution in [0.2, 0.25) is 0 Å². The number of nitrogens with zero attached hydrogens (tertiary/aromatic N) is 1. The number of fused-ring (bicyclic) bond motifs is 1. The summed E-state index contributed by atoms with van der Waals surface area (Å²) in [5.41, 5.74) is 2.92. The van der Waals surface area contributed by atoms with Crippen molar-refractivity contribution in [2.75, 3.05) is 6.61 Å². The molecule has 0 saturated heterocycles. The normalized spacial score (nSPS) is 11.7.